The van der Waals surface area contributed by atoms with Gasteiger partial charge >= 0.3 is 0 Å². The van der Waals surface area contributed by atoms with E-state index in [0.29, 0.717) is 0 Å². The van der Waals surface area contributed by atoms with E-state index in [1.807, 2.05) is 0 Å². The molecule has 2 aliphatic rings. The monoisotopic (exact) mass is 553 g/mol. The molecular weight excluding hydrogens is 516 g/mol. The maximum absolute atomic E-state index is 6.88. The number of nitrogens with zero attached hydrogens (tertiary/aromatic N) is 3. The van der Waals surface area contributed by atoms with Crippen LogP contribution in [-0.4, -0.2) is 35.5 Å². The third-order valence-electron chi connectivity index (χ3n) is 7.74. The van der Waals surface area contributed by atoms with E-state index in [2.05, 4.69) is 111 Å². The zero-order chi connectivity index (χ0) is 26.0. The maximum Gasteiger partial charge on any atom is 0.0751 e. The molecule has 0 saturated carbocycles. The first-order chi connectivity index (χ1) is 17.2. The summed E-state index contributed by atoms with van der Waals surface area (Å²) in [5, 5.41) is 5.27. The topological polar surface area (TPSA) is 9.72 Å². The van der Waals surface area contributed by atoms with Crippen LogP contribution in [0.3, 0.4) is 0 Å². The third kappa shape index (κ3) is 3.51. The third-order valence-corrected chi connectivity index (χ3v) is 18.2. The first kappa shape index (κ1) is 26.3. The zero-order valence-corrected chi connectivity index (χ0v) is 25.9. The number of aryl methyl sites for hydroxylation is 3. The number of benzene rings is 3. The van der Waals surface area contributed by atoms with Crippen molar-refractivity contribution in [2.24, 2.45) is 0 Å². The van der Waals surface area contributed by atoms with Crippen molar-refractivity contribution in [3.8, 4) is 0 Å². The highest BCUT2D eigenvalue weighted by molar-refractivity contribution is 8.22. The van der Waals surface area contributed by atoms with Crippen LogP contribution in [0.2, 0.25) is 0 Å². The van der Waals surface area contributed by atoms with Gasteiger partial charge in [0.1, 0.15) is 0 Å². The summed E-state index contributed by atoms with van der Waals surface area (Å²) in [6, 6.07) is 18.6. The molecule has 0 spiro atoms. The van der Waals surface area contributed by atoms with Gasteiger partial charge in [-0.05, 0) is 62.7 Å². The molecule has 0 aliphatic carbocycles. The molecule has 0 bridgehead atoms. The fraction of sp³-hybridized carbons (Fsp3) is 0.379. The highest BCUT2D eigenvalue weighted by atomic mass is 32.4. The van der Waals surface area contributed by atoms with Crippen LogP contribution in [0, 0.1) is 20.8 Å². The van der Waals surface area contributed by atoms with Gasteiger partial charge in [-0.25, -0.2) is 0 Å². The van der Waals surface area contributed by atoms with Gasteiger partial charge in [0.05, 0.1) is 29.4 Å². The molecule has 2 aliphatic heterocycles. The second-order valence-electron chi connectivity index (χ2n) is 9.90. The summed E-state index contributed by atoms with van der Waals surface area (Å²) >= 11 is 13.8. The van der Waals surface area contributed by atoms with E-state index in [-0.39, 0.29) is 0 Å². The predicted octanol–water partition coefficient (Wildman–Crippen LogP) is 6.08. The molecule has 36 heavy (non-hydrogen) atoms. The quantitative estimate of drug-likeness (QED) is 0.341. The Morgan fingerprint density at radius 3 is 1.31 bits per heavy atom. The van der Waals surface area contributed by atoms with Crippen molar-refractivity contribution in [3.63, 3.8) is 0 Å². The van der Waals surface area contributed by atoms with Crippen molar-refractivity contribution < 1.29 is 0 Å². The van der Waals surface area contributed by atoms with Crippen molar-refractivity contribution >= 4 is 74.3 Å². The molecule has 0 saturated heterocycles. The molecule has 2 unspecified atom stereocenters. The second kappa shape index (κ2) is 9.45. The van der Waals surface area contributed by atoms with E-state index in [1.165, 1.54) is 55.0 Å². The molecule has 0 amide bonds. The molecule has 5 rings (SSSR count). The smallest absolute Gasteiger partial charge is 0.0751 e. The van der Waals surface area contributed by atoms with Crippen LogP contribution in [0.25, 0.3) is 0 Å². The molecule has 3 nitrogen and oxygen atoms in total. The number of rotatable bonds is 6. The average molecular weight is 554 g/mol. The van der Waals surface area contributed by atoms with E-state index < -0.39 is 12.4 Å². The van der Waals surface area contributed by atoms with Crippen LogP contribution in [0.1, 0.15) is 44.4 Å². The van der Waals surface area contributed by atoms with Gasteiger partial charge in [0.25, 0.3) is 0 Å². The Morgan fingerprint density at radius 2 is 0.944 bits per heavy atom. The Hall–Kier alpha value is -1.32. The Labute approximate surface area is 227 Å². The summed E-state index contributed by atoms with van der Waals surface area (Å²) in [4.78, 5) is 2.51. The zero-order valence-electron chi connectivity index (χ0n) is 22.5. The summed E-state index contributed by atoms with van der Waals surface area (Å²) in [5.74, 6) is 0. The van der Waals surface area contributed by atoms with Gasteiger partial charge in [0.2, 0.25) is 0 Å². The number of hydrogen-bond acceptors (Lipinski definition) is 3. The fourth-order valence-electron chi connectivity index (χ4n) is 6.05. The first-order valence-electron chi connectivity index (χ1n) is 13.1. The van der Waals surface area contributed by atoms with Crippen LogP contribution in [0.4, 0.5) is 17.1 Å². The number of hydrogen-bond donors (Lipinski definition) is 0. The van der Waals surface area contributed by atoms with Crippen LogP contribution in [0.5, 0.6) is 0 Å². The first-order valence-corrected chi connectivity index (χ1v) is 18.6. The van der Waals surface area contributed by atoms with E-state index in [4.69, 9.17) is 23.6 Å². The molecule has 7 heteroatoms. The molecule has 0 N–H and O–H groups in total. The molecule has 0 fully saturated rings. The van der Waals surface area contributed by atoms with Gasteiger partial charge in [-0.2, -0.15) is 0 Å². The van der Waals surface area contributed by atoms with Gasteiger partial charge in [-0.1, -0.05) is 74.6 Å². The molecule has 3 aromatic rings. The summed E-state index contributed by atoms with van der Waals surface area (Å²) < 4.78 is 5.11. The van der Waals surface area contributed by atoms with E-state index in [1.54, 1.807) is 0 Å². The predicted molar refractivity (Wildman–Crippen MR) is 168 cm³/mol. The standard InChI is InChI=1S/C29H37N3P2S2/c1-8-30(9-2)33(35)25-16-20(5)12-14-23(25)32-24-15-13-21(6)17-26(24)34(36,31(10-3)11-4)28-19-22(7)18-27(33)29(28)32/h12-19H,8-11H2,1-7H3. The minimum absolute atomic E-state index is 0.934. The highest BCUT2D eigenvalue weighted by Gasteiger charge is 2.47. The Morgan fingerprint density at radius 1 is 0.583 bits per heavy atom. The van der Waals surface area contributed by atoms with Gasteiger partial charge in [0.15, 0.2) is 0 Å². The lowest BCUT2D eigenvalue weighted by Gasteiger charge is -2.50. The van der Waals surface area contributed by atoms with Gasteiger partial charge in [-0.15, -0.1) is 0 Å². The average Bonchev–Trinajstić information content (AvgIpc) is 2.86. The van der Waals surface area contributed by atoms with E-state index in [0.717, 1.165) is 26.2 Å². The summed E-state index contributed by atoms with van der Waals surface area (Å²) in [7, 11) is 0. The maximum atomic E-state index is 6.88. The lowest BCUT2D eigenvalue weighted by atomic mass is 10.1. The molecule has 2 atom stereocenters. The van der Waals surface area contributed by atoms with E-state index >= 15 is 0 Å². The van der Waals surface area contributed by atoms with Crippen molar-refractivity contribution in [3.05, 3.63) is 65.2 Å². The largest absolute Gasteiger partial charge is 0.308 e. The highest BCUT2D eigenvalue weighted by Crippen LogP contribution is 2.63. The Balaban J connectivity index is 2.01. The lowest BCUT2D eigenvalue weighted by Crippen LogP contribution is -2.48. The molecule has 190 valence electrons. The Bertz CT molecular complexity index is 1350. The van der Waals surface area contributed by atoms with Crippen molar-refractivity contribution in [1.82, 2.24) is 9.34 Å². The number of anilines is 3. The lowest BCUT2D eigenvalue weighted by molar-refractivity contribution is 0.512. The van der Waals surface area contributed by atoms with Crippen molar-refractivity contribution in [1.29, 1.82) is 0 Å². The normalized spacial score (nSPS) is 22.0. The van der Waals surface area contributed by atoms with E-state index in [9.17, 15) is 0 Å². The summed E-state index contributed by atoms with van der Waals surface area (Å²) in [6.07, 6.45) is -4.50. The molecular formula is C29H37N3P2S2. The summed E-state index contributed by atoms with van der Waals surface area (Å²) in [5.41, 5.74) is 7.54. The minimum Gasteiger partial charge on any atom is -0.308 e. The van der Waals surface area contributed by atoms with Gasteiger partial charge in [-0.3, -0.25) is 9.34 Å². The fourth-order valence-corrected chi connectivity index (χ4v) is 16.1. The molecule has 3 aromatic carbocycles. The second-order valence-corrected chi connectivity index (χ2v) is 18.4. The SMILES string of the molecule is CCN(CC)P1(=S)c2cc(C)ccc2N2c3ccc(C)cc3P(=S)(N(CC)CC)c3cc(C)cc1c32. The van der Waals surface area contributed by atoms with Crippen molar-refractivity contribution in [2.45, 2.75) is 48.5 Å². The summed E-state index contributed by atoms with van der Waals surface area (Å²) in [6.45, 7) is 19.3. The van der Waals surface area contributed by atoms with Gasteiger partial charge < -0.3 is 4.90 Å². The van der Waals surface area contributed by atoms with Crippen LogP contribution in [0.15, 0.2) is 48.5 Å². The molecule has 0 aromatic heterocycles. The van der Waals surface area contributed by atoms with Crippen molar-refractivity contribution in [2.75, 3.05) is 31.1 Å². The van der Waals surface area contributed by atoms with Gasteiger partial charge in [0, 0.05) is 47.4 Å². The van der Waals surface area contributed by atoms with Crippen LogP contribution >= 0.6 is 12.4 Å². The number of fused-ring (bicyclic) bond motifs is 4. The molecule has 0 radical (unpaired) electrons. The van der Waals surface area contributed by atoms with Crippen LogP contribution in [-0.2, 0) is 23.6 Å². The minimum atomic E-state index is -2.25. The van der Waals surface area contributed by atoms with Crippen LogP contribution < -0.4 is 26.1 Å². The Kier molecular flexibility index (Phi) is 6.91. The molecule has 2 heterocycles.